The van der Waals surface area contributed by atoms with E-state index in [1.54, 1.807) is 12.2 Å². The number of hydrogen-bond acceptors (Lipinski definition) is 4. The summed E-state index contributed by atoms with van der Waals surface area (Å²) < 4.78 is 9.35. The molecule has 0 atom stereocenters. The highest BCUT2D eigenvalue weighted by Crippen LogP contribution is 2.28. The summed E-state index contributed by atoms with van der Waals surface area (Å²) in [6, 6.07) is 19.5. The van der Waals surface area contributed by atoms with Crippen LogP contribution in [0.4, 0.5) is 0 Å². The number of rotatable bonds is 6. The van der Waals surface area contributed by atoms with Crippen LogP contribution in [0.5, 0.6) is 0 Å². The Morgan fingerprint density at radius 3 is 1.38 bits per heavy atom. The maximum Gasteiger partial charge on any atom is 0.330 e. The lowest BCUT2D eigenvalue weighted by Gasteiger charge is -2.12. The minimum atomic E-state index is -0.477. The summed E-state index contributed by atoms with van der Waals surface area (Å²) in [6.07, 6.45) is 5.90. The topological polar surface area (TPSA) is 52.6 Å². The number of allylic oxidation sites excluding steroid dienone is 3. The number of esters is 2. The maximum absolute atomic E-state index is 11.6. The van der Waals surface area contributed by atoms with Gasteiger partial charge in [0.2, 0.25) is 0 Å². The van der Waals surface area contributed by atoms with Gasteiger partial charge in [-0.1, -0.05) is 60.7 Å². The molecule has 2 rings (SSSR count). The van der Waals surface area contributed by atoms with Gasteiger partial charge in [0, 0.05) is 12.2 Å². The van der Waals surface area contributed by atoms with Crippen LogP contribution in [0.1, 0.15) is 11.1 Å². The molecule has 0 spiro atoms. The Labute approximate surface area is 153 Å². The van der Waals surface area contributed by atoms with E-state index < -0.39 is 11.9 Å². The standard InChI is InChI=1S/C22H20O4/c1-25-20(23)15-13-19(14-16-21(24)26-2)22(17-9-5-3-6-10-17)18-11-7-4-8-12-18/h3-16H,1-2H3. The van der Waals surface area contributed by atoms with E-state index in [4.69, 9.17) is 0 Å². The Kier molecular flexibility index (Phi) is 7.13. The van der Waals surface area contributed by atoms with Crippen molar-refractivity contribution < 1.29 is 19.1 Å². The normalized spacial score (nSPS) is 10.7. The van der Waals surface area contributed by atoms with E-state index in [-0.39, 0.29) is 0 Å². The molecule has 0 saturated carbocycles. The zero-order valence-corrected chi connectivity index (χ0v) is 14.7. The molecule has 0 aromatic heterocycles. The van der Waals surface area contributed by atoms with Crippen molar-refractivity contribution in [2.75, 3.05) is 14.2 Å². The third-order valence-corrected chi connectivity index (χ3v) is 3.61. The van der Waals surface area contributed by atoms with Crippen LogP contribution >= 0.6 is 0 Å². The molecule has 0 N–H and O–H groups in total. The molecule has 0 aliphatic carbocycles. The van der Waals surface area contributed by atoms with Gasteiger partial charge in [0.15, 0.2) is 0 Å². The Hall–Kier alpha value is -3.40. The molecule has 4 heteroatoms. The molecule has 26 heavy (non-hydrogen) atoms. The van der Waals surface area contributed by atoms with E-state index in [1.165, 1.54) is 26.4 Å². The fourth-order valence-electron chi connectivity index (χ4n) is 2.38. The van der Waals surface area contributed by atoms with Crippen LogP contribution in [0, 0.1) is 0 Å². The second kappa shape index (κ2) is 9.79. The molecule has 0 fully saturated rings. The number of ether oxygens (including phenoxy) is 2. The molecule has 0 aliphatic heterocycles. The molecule has 4 nitrogen and oxygen atoms in total. The van der Waals surface area contributed by atoms with Gasteiger partial charge in [0.1, 0.15) is 0 Å². The summed E-state index contributed by atoms with van der Waals surface area (Å²) in [5.74, 6) is -0.955. The summed E-state index contributed by atoms with van der Waals surface area (Å²) in [4.78, 5) is 23.1. The monoisotopic (exact) mass is 348 g/mol. The van der Waals surface area contributed by atoms with Crippen molar-refractivity contribution in [3.8, 4) is 0 Å². The third-order valence-electron chi connectivity index (χ3n) is 3.61. The van der Waals surface area contributed by atoms with Crippen LogP contribution in [0.2, 0.25) is 0 Å². The highest BCUT2D eigenvalue weighted by molar-refractivity contribution is 5.90. The molecular weight excluding hydrogens is 328 g/mol. The first-order valence-electron chi connectivity index (χ1n) is 8.03. The molecule has 0 amide bonds. The molecule has 0 radical (unpaired) electrons. The highest BCUT2D eigenvalue weighted by Gasteiger charge is 2.09. The number of hydrogen-bond donors (Lipinski definition) is 0. The number of methoxy groups -OCH3 is 2. The largest absolute Gasteiger partial charge is 0.466 e. The molecule has 0 bridgehead atoms. The first-order valence-corrected chi connectivity index (χ1v) is 8.03. The van der Waals surface area contributed by atoms with Crippen molar-refractivity contribution in [3.05, 3.63) is 102 Å². The predicted octanol–water partition coefficient (Wildman–Crippen LogP) is 3.95. The number of benzene rings is 2. The Bertz CT molecular complexity index is 761. The lowest BCUT2D eigenvalue weighted by Crippen LogP contribution is -1.98. The van der Waals surface area contributed by atoms with E-state index >= 15 is 0 Å². The van der Waals surface area contributed by atoms with Gasteiger partial charge < -0.3 is 9.47 Å². The molecule has 2 aromatic rings. The van der Waals surface area contributed by atoms with Gasteiger partial charge in [0.05, 0.1) is 14.2 Å². The zero-order valence-electron chi connectivity index (χ0n) is 14.7. The average Bonchev–Trinajstić information content (AvgIpc) is 2.70. The van der Waals surface area contributed by atoms with Gasteiger partial charge in [0.25, 0.3) is 0 Å². The fraction of sp³-hybridized carbons (Fsp3) is 0.0909. The van der Waals surface area contributed by atoms with E-state index in [0.717, 1.165) is 16.7 Å². The van der Waals surface area contributed by atoms with Gasteiger partial charge in [-0.3, -0.25) is 0 Å². The molecule has 0 saturated heterocycles. The third kappa shape index (κ3) is 5.31. The lowest BCUT2D eigenvalue weighted by molar-refractivity contribution is -0.135. The maximum atomic E-state index is 11.6. The van der Waals surface area contributed by atoms with Crippen LogP contribution < -0.4 is 0 Å². The van der Waals surface area contributed by atoms with Crippen molar-refractivity contribution in [3.63, 3.8) is 0 Å². The van der Waals surface area contributed by atoms with Crippen molar-refractivity contribution in [1.29, 1.82) is 0 Å². The molecule has 0 unspecified atom stereocenters. The van der Waals surface area contributed by atoms with Gasteiger partial charge >= 0.3 is 11.9 Å². The molecule has 0 aliphatic rings. The van der Waals surface area contributed by atoms with E-state index in [9.17, 15) is 9.59 Å². The van der Waals surface area contributed by atoms with E-state index in [0.29, 0.717) is 5.57 Å². The summed E-state index contributed by atoms with van der Waals surface area (Å²) in [5, 5.41) is 0. The van der Waals surface area contributed by atoms with Crippen molar-refractivity contribution >= 4 is 17.5 Å². The summed E-state index contributed by atoms with van der Waals surface area (Å²) in [6.45, 7) is 0. The first-order chi connectivity index (χ1) is 12.7. The second-order valence-corrected chi connectivity index (χ2v) is 5.28. The van der Waals surface area contributed by atoms with Crippen molar-refractivity contribution in [1.82, 2.24) is 0 Å². The number of carbonyl (C=O) groups excluding carboxylic acids is 2. The Balaban J connectivity index is 2.68. The van der Waals surface area contributed by atoms with Crippen LogP contribution in [-0.4, -0.2) is 26.2 Å². The van der Waals surface area contributed by atoms with Crippen LogP contribution in [0.25, 0.3) is 5.57 Å². The quantitative estimate of drug-likeness (QED) is 0.451. The van der Waals surface area contributed by atoms with Gasteiger partial charge in [-0.25, -0.2) is 9.59 Å². The van der Waals surface area contributed by atoms with Gasteiger partial charge in [-0.05, 0) is 34.4 Å². The first kappa shape index (κ1) is 18.9. The average molecular weight is 348 g/mol. The highest BCUT2D eigenvalue weighted by atomic mass is 16.5. The van der Waals surface area contributed by atoms with Crippen LogP contribution in [-0.2, 0) is 19.1 Å². The molecule has 2 aromatic carbocycles. The summed E-state index contributed by atoms with van der Waals surface area (Å²) >= 11 is 0. The summed E-state index contributed by atoms with van der Waals surface area (Å²) in [7, 11) is 2.63. The predicted molar refractivity (Wildman–Crippen MR) is 101 cm³/mol. The van der Waals surface area contributed by atoms with Crippen LogP contribution in [0.3, 0.4) is 0 Å². The summed E-state index contributed by atoms with van der Waals surface area (Å²) in [5.41, 5.74) is 3.47. The minimum absolute atomic E-state index is 0.477. The van der Waals surface area contributed by atoms with Crippen molar-refractivity contribution in [2.45, 2.75) is 0 Å². The number of carbonyl (C=O) groups is 2. The Morgan fingerprint density at radius 2 is 1.04 bits per heavy atom. The van der Waals surface area contributed by atoms with E-state index in [2.05, 4.69) is 9.47 Å². The fourth-order valence-corrected chi connectivity index (χ4v) is 2.38. The lowest BCUT2D eigenvalue weighted by atomic mass is 9.92. The molecule has 132 valence electrons. The molecular formula is C22H20O4. The van der Waals surface area contributed by atoms with Gasteiger partial charge in [-0.15, -0.1) is 0 Å². The Morgan fingerprint density at radius 1 is 0.654 bits per heavy atom. The zero-order chi connectivity index (χ0) is 18.8. The molecule has 0 heterocycles. The SMILES string of the molecule is COC(=O)C=CC(C=CC(=O)OC)=C(c1ccccc1)c1ccccc1. The van der Waals surface area contributed by atoms with Gasteiger partial charge in [-0.2, -0.15) is 0 Å². The van der Waals surface area contributed by atoms with Crippen molar-refractivity contribution in [2.24, 2.45) is 0 Å². The smallest absolute Gasteiger partial charge is 0.330 e. The minimum Gasteiger partial charge on any atom is -0.466 e. The van der Waals surface area contributed by atoms with Crippen LogP contribution in [0.15, 0.2) is 90.5 Å². The second-order valence-electron chi connectivity index (χ2n) is 5.28. The van der Waals surface area contributed by atoms with E-state index in [1.807, 2.05) is 60.7 Å².